The summed E-state index contributed by atoms with van der Waals surface area (Å²) in [6.07, 6.45) is 10.2. The van der Waals surface area contributed by atoms with Gasteiger partial charge in [-0.1, -0.05) is 18.6 Å². The van der Waals surface area contributed by atoms with Gasteiger partial charge in [0, 0.05) is 56.6 Å². The van der Waals surface area contributed by atoms with Gasteiger partial charge in [0.05, 0.1) is 25.9 Å². The number of anilines is 2. The van der Waals surface area contributed by atoms with Crippen molar-refractivity contribution in [3.63, 3.8) is 0 Å². The van der Waals surface area contributed by atoms with Crippen LogP contribution in [0.25, 0.3) is 0 Å². The van der Waals surface area contributed by atoms with Crippen LogP contribution in [0.2, 0.25) is 0 Å². The van der Waals surface area contributed by atoms with Crippen molar-refractivity contribution in [3.05, 3.63) is 59.5 Å². The summed E-state index contributed by atoms with van der Waals surface area (Å²) in [7, 11) is 3.09. The molecule has 1 aromatic rings. The number of aliphatic imine (C=N–C) groups is 1. The molecule has 0 spiro atoms. The first-order valence-electron chi connectivity index (χ1n) is 12.9. The van der Waals surface area contributed by atoms with E-state index in [2.05, 4.69) is 56.8 Å². The number of rotatable bonds is 9. The van der Waals surface area contributed by atoms with Gasteiger partial charge >= 0.3 is 0 Å². The summed E-state index contributed by atoms with van der Waals surface area (Å²) in [5, 5.41) is 3.48. The number of benzene rings is 1. The molecule has 2 N–H and O–H groups in total. The summed E-state index contributed by atoms with van der Waals surface area (Å²) in [5.41, 5.74) is 7.22. The van der Waals surface area contributed by atoms with E-state index in [-0.39, 0.29) is 11.8 Å². The summed E-state index contributed by atoms with van der Waals surface area (Å²) in [5.74, 6) is 1.39. The average molecular weight is 494 g/mol. The first-order chi connectivity index (χ1) is 17.6. The fourth-order valence-corrected chi connectivity index (χ4v) is 4.90. The van der Waals surface area contributed by atoms with E-state index in [9.17, 15) is 4.79 Å². The lowest BCUT2D eigenvalue weighted by molar-refractivity contribution is -0.134. The maximum atomic E-state index is 12.2. The molecular weight excluding hydrogens is 454 g/mol. The Morgan fingerprint density at radius 3 is 2.50 bits per heavy atom. The first-order valence-corrected chi connectivity index (χ1v) is 12.9. The van der Waals surface area contributed by atoms with Gasteiger partial charge in [-0.2, -0.15) is 0 Å². The van der Waals surface area contributed by atoms with Crippen LogP contribution in [0.15, 0.2) is 64.5 Å². The van der Waals surface area contributed by atoms with Gasteiger partial charge in [0.1, 0.15) is 5.84 Å². The fraction of sp³-hybridized carbons (Fsp3) is 0.500. The number of nitrogens with zero attached hydrogens (tertiary/aromatic N) is 3. The van der Waals surface area contributed by atoms with Gasteiger partial charge < -0.3 is 19.9 Å². The smallest absolute Gasteiger partial charge is 0.250 e. The number of hydrogen-bond donors (Lipinski definition) is 2. The van der Waals surface area contributed by atoms with Crippen molar-refractivity contribution in [1.29, 1.82) is 0 Å². The second kappa shape index (κ2) is 12.7. The van der Waals surface area contributed by atoms with Crippen molar-refractivity contribution >= 4 is 23.1 Å². The molecule has 1 atom stereocenters. The van der Waals surface area contributed by atoms with Crippen LogP contribution in [-0.4, -0.2) is 63.6 Å². The maximum Gasteiger partial charge on any atom is 0.250 e. The topological polar surface area (TPSA) is 78.4 Å². The highest BCUT2D eigenvalue weighted by atomic mass is 16.6. The molecule has 1 fully saturated rings. The third-order valence-electron chi connectivity index (χ3n) is 7.15. The second-order valence-corrected chi connectivity index (χ2v) is 9.49. The van der Waals surface area contributed by atoms with Crippen LogP contribution in [0, 0.1) is 5.92 Å². The second-order valence-electron chi connectivity index (χ2n) is 9.49. The number of methoxy groups -OCH3 is 1. The highest BCUT2D eigenvalue weighted by Crippen LogP contribution is 2.29. The van der Waals surface area contributed by atoms with E-state index in [1.165, 1.54) is 18.4 Å². The van der Waals surface area contributed by atoms with E-state index in [4.69, 9.17) is 9.57 Å². The number of likely N-dealkylation sites (N-methyl/N-ethyl adjacent to an activating group) is 1. The lowest BCUT2D eigenvalue weighted by Gasteiger charge is -2.35. The van der Waals surface area contributed by atoms with Crippen LogP contribution in [0.4, 0.5) is 11.4 Å². The molecule has 1 aliphatic carbocycles. The van der Waals surface area contributed by atoms with Crippen LogP contribution >= 0.6 is 0 Å². The SMILES string of the molecule is CCN1CCN(c2ccc(NC3=NC=C(CCC4=CC(C(=O)NOC)CC(OC)=C4)CC3)cc2)CC1. The molecule has 0 bridgehead atoms. The van der Waals surface area contributed by atoms with Crippen molar-refractivity contribution in [3.8, 4) is 0 Å². The quantitative estimate of drug-likeness (QED) is 0.501. The summed E-state index contributed by atoms with van der Waals surface area (Å²) < 4.78 is 5.44. The van der Waals surface area contributed by atoms with E-state index in [0.29, 0.717) is 6.42 Å². The van der Waals surface area contributed by atoms with Crippen LogP contribution < -0.4 is 15.7 Å². The Hall–Kier alpha value is -3.10. The summed E-state index contributed by atoms with van der Waals surface area (Å²) in [6.45, 7) is 7.79. The van der Waals surface area contributed by atoms with Gasteiger partial charge in [-0.05, 0) is 61.7 Å². The molecule has 194 valence electrons. The number of amidine groups is 1. The zero-order valence-electron chi connectivity index (χ0n) is 21.8. The lowest BCUT2D eigenvalue weighted by atomic mass is 9.90. The molecule has 8 heteroatoms. The van der Waals surface area contributed by atoms with E-state index >= 15 is 0 Å². The number of carbonyl (C=O) groups is 1. The van der Waals surface area contributed by atoms with Crippen LogP contribution in [0.5, 0.6) is 0 Å². The molecule has 3 aliphatic rings. The van der Waals surface area contributed by atoms with Gasteiger partial charge in [-0.3, -0.25) is 9.63 Å². The van der Waals surface area contributed by atoms with Crippen molar-refractivity contribution in [2.75, 3.05) is 57.2 Å². The van der Waals surface area contributed by atoms with Crippen molar-refractivity contribution < 1.29 is 14.4 Å². The first kappa shape index (κ1) is 26.0. The zero-order valence-corrected chi connectivity index (χ0v) is 21.8. The molecule has 0 radical (unpaired) electrons. The van der Waals surface area contributed by atoms with E-state index < -0.39 is 0 Å². The standard InChI is InChI=1S/C28H39N5O3/c1-4-32-13-15-33(16-14-32)25-10-8-24(9-11-25)30-27-12-7-21(20-29-27)5-6-22-17-23(28(34)31-36-3)19-26(18-22)35-2/h8-11,17-18,20,23H,4-7,12-16,19H2,1-3H3,(H,29,30)(H,31,34). The normalized spacial score (nSPS) is 20.6. The van der Waals surface area contributed by atoms with E-state index in [0.717, 1.165) is 81.3 Å². The molecule has 0 aromatic heterocycles. The van der Waals surface area contributed by atoms with Crippen molar-refractivity contribution in [1.82, 2.24) is 10.4 Å². The van der Waals surface area contributed by atoms with Gasteiger partial charge in [-0.15, -0.1) is 0 Å². The number of carbonyl (C=O) groups excluding carboxylic acids is 1. The lowest BCUT2D eigenvalue weighted by Crippen LogP contribution is -2.46. The molecule has 36 heavy (non-hydrogen) atoms. The summed E-state index contributed by atoms with van der Waals surface area (Å²) >= 11 is 0. The number of hydroxylamine groups is 1. The Morgan fingerprint density at radius 2 is 1.86 bits per heavy atom. The van der Waals surface area contributed by atoms with Gasteiger partial charge in [0.25, 0.3) is 5.91 Å². The van der Waals surface area contributed by atoms with Crippen LogP contribution in [-0.2, 0) is 14.4 Å². The molecule has 8 nitrogen and oxygen atoms in total. The minimum Gasteiger partial charge on any atom is -0.501 e. The van der Waals surface area contributed by atoms with Crippen LogP contribution in [0.3, 0.4) is 0 Å². The Labute approximate surface area is 214 Å². The molecule has 1 saturated heterocycles. The average Bonchev–Trinajstić information content (AvgIpc) is 2.93. The molecule has 2 aliphatic heterocycles. The van der Waals surface area contributed by atoms with E-state index in [1.54, 1.807) is 7.11 Å². The predicted octanol–water partition coefficient (Wildman–Crippen LogP) is 4.25. The minimum absolute atomic E-state index is 0.151. The van der Waals surface area contributed by atoms with Gasteiger partial charge in [-0.25, -0.2) is 10.5 Å². The number of allylic oxidation sites excluding steroid dienone is 4. The predicted molar refractivity (Wildman–Crippen MR) is 145 cm³/mol. The number of piperazine rings is 1. The Morgan fingerprint density at radius 1 is 1.08 bits per heavy atom. The van der Waals surface area contributed by atoms with Crippen molar-refractivity contribution in [2.24, 2.45) is 10.9 Å². The van der Waals surface area contributed by atoms with Crippen LogP contribution in [0.1, 0.15) is 39.0 Å². The highest BCUT2D eigenvalue weighted by molar-refractivity contribution is 5.96. The molecule has 4 rings (SSSR count). The molecular formula is C28H39N5O3. The van der Waals surface area contributed by atoms with Crippen molar-refractivity contribution in [2.45, 2.75) is 39.0 Å². The minimum atomic E-state index is -0.276. The third-order valence-corrected chi connectivity index (χ3v) is 7.15. The summed E-state index contributed by atoms with van der Waals surface area (Å²) in [4.78, 5) is 26.6. The number of ether oxygens (including phenoxy) is 1. The number of nitrogens with one attached hydrogen (secondary N) is 2. The molecule has 1 unspecified atom stereocenters. The number of amides is 1. The Balaban J connectivity index is 1.28. The molecule has 1 aromatic carbocycles. The monoisotopic (exact) mass is 493 g/mol. The fourth-order valence-electron chi connectivity index (χ4n) is 4.90. The van der Waals surface area contributed by atoms with Gasteiger partial charge in [0.2, 0.25) is 0 Å². The molecule has 2 heterocycles. The van der Waals surface area contributed by atoms with E-state index in [1.807, 2.05) is 18.4 Å². The molecule has 1 amide bonds. The van der Waals surface area contributed by atoms with Gasteiger partial charge in [0.15, 0.2) is 0 Å². The molecule has 0 saturated carbocycles. The summed E-state index contributed by atoms with van der Waals surface area (Å²) in [6, 6.07) is 8.70. The number of hydrogen-bond acceptors (Lipinski definition) is 7. The Bertz CT molecular complexity index is 1020. The highest BCUT2D eigenvalue weighted by Gasteiger charge is 2.23. The maximum absolute atomic E-state index is 12.2. The largest absolute Gasteiger partial charge is 0.501 e. The zero-order chi connectivity index (χ0) is 25.3. The Kier molecular flexibility index (Phi) is 9.19. The third kappa shape index (κ3) is 6.98.